The fourth-order valence-corrected chi connectivity index (χ4v) is 3.39. The molecule has 1 unspecified atom stereocenters. The minimum Gasteiger partial charge on any atom is -0.497 e. The van der Waals surface area contributed by atoms with E-state index in [2.05, 4.69) is 11.7 Å². The van der Waals surface area contributed by atoms with Gasteiger partial charge in [-0.2, -0.15) is 5.10 Å². The van der Waals surface area contributed by atoms with Crippen molar-refractivity contribution >= 4 is 11.4 Å². The molecule has 0 amide bonds. The second-order valence-corrected chi connectivity index (χ2v) is 6.74. The van der Waals surface area contributed by atoms with E-state index in [1.807, 2.05) is 55.9 Å². The molecule has 1 aromatic heterocycles. The Kier molecular flexibility index (Phi) is 4.62. The van der Waals surface area contributed by atoms with Gasteiger partial charge in [-0.05, 0) is 56.4 Å². The monoisotopic (exact) mass is 336 g/mol. The van der Waals surface area contributed by atoms with Crippen molar-refractivity contribution in [2.24, 2.45) is 5.92 Å². The Balaban J connectivity index is 2.04. The number of benzene rings is 1. The summed E-state index contributed by atoms with van der Waals surface area (Å²) in [6, 6.07) is 7.80. The molecular weight excluding hydrogens is 312 g/mol. The highest BCUT2D eigenvalue weighted by atomic mass is 16.5. The average Bonchev–Trinajstić information content (AvgIpc) is 2.98. The Morgan fingerprint density at radius 3 is 2.76 bits per heavy atom. The molecule has 0 saturated heterocycles. The lowest BCUT2D eigenvalue weighted by Crippen LogP contribution is -2.18. The van der Waals surface area contributed by atoms with Crippen molar-refractivity contribution in [3.63, 3.8) is 0 Å². The van der Waals surface area contributed by atoms with Crippen molar-refractivity contribution in [2.45, 2.75) is 33.6 Å². The Hall–Kier alpha value is -2.62. The number of ketones is 1. The number of aromatic nitrogens is 2. The zero-order chi connectivity index (χ0) is 18.1. The second kappa shape index (κ2) is 6.71. The molecule has 1 aliphatic rings. The van der Waals surface area contributed by atoms with Gasteiger partial charge >= 0.3 is 0 Å². The fraction of sp³-hybridized carbons (Fsp3) is 0.333. The Labute approximate surface area is 148 Å². The van der Waals surface area contributed by atoms with Crippen LogP contribution in [0, 0.1) is 12.8 Å². The zero-order valence-corrected chi connectivity index (χ0v) is 15.3. The molecule has 2 aromatic rings. The summed E-state index contributed by atoms with van der Waals surface area (Å²) in [5.41, 5.74) is 6.02. The van der Waals surface area contributed by atoms with Gasteiger partial charge in [0, 0.05) is 23.7 Å². The average molecular weight is 336 g/mol. The molecule has 0 saturated carbocycles. The molecular formula is C21H24N2O2. The molecule has 0 bridgehead atoms. The van der Waals surface area contributed by atoms with Crippen molar-refractivity contribution in [3.8, 4) is 11.4 Å². The summed E-state index contributed by atoms with van der Waals surface area (Å²) in [5.74, 6) is 1.22. The predicted molar refractivity (Wildman–Crippen MR) is 100.0 cm³/mol. The topological polar surface area (TPSA) is 44.1 Å². The smallest absolute Gasteiger partial charge is 0.159 e. The molecule has 1 heterocycles. The molecule has 3 rings (SSSR count). The number of hydrogen-bond donors (Lipinski definition) is 0. The molecule has 25 heavy (non-hydrogen) atoms. The molecule has 4 heteroatoms. The second-order valence-electron chi connectivity index (χ2n) is 6.74. The van der Waals surface area contributed by atoms with E-state index in [1.165, 1.54) is 0 Å². The third kappa shape index (κ3) is 3.16. The molecule has 1 aromatic carbocycles. The largest absolute Gasteiger partial charge is 0.497 e. The van der Waals surface area contributed by atoms with Crippen LogP contribution in [0.2, 0.25) is 0 Å². The lowest BCUT2D eigenvalue weighted by Gasteiger charge is -2.25. The molecule has 0 N–H and O–H groups in total. The van der Waals surface area contributed by atoms with Crippen LogP contribution in [0.3, 0.4) is 0 Å². The van der Waals surface area contributed by atoms with E-state index < -0.39 is 0 Å². The van der Waals surface area contributed by atoms with E-state index in [-0.39, 0.29) is 11.7 Å². The molecule has 130 valence electrons. The standard InChI is InChI=1S/C21H24N2O2/c1-13(2)16-9-19(14(3)21(24)10-16)20-12-22-23(15(20)4)17-7-6-8-18(11-17)25-5/h6-8,11-12,16H,1,9-10H2,2-5H3. The summed E-state index contributed by atoms with van der Waals surface area (Å²) in [5, 5.41) is 4.56. The van der Waals surface area contributed by atoms with Crippen molar-refractivity contribution in [3.05, 3.63) is 59.4 Å². The summed E-state index contributed by atoms with van der Waals surface area (Å²) in [7, 11) is 1.65. The highest BCUT2D eigenvalue weighted by molar-refractivity contribution is 6.04. The van der Waals surface area contributed by atoms with E-state index in [4.69, 9.17) is 4.74 Å². The summed E-state index contributed by atoms with van der Waals surface area (Å²) < 4.78 is 7.20. The number of carbonyl (C=O) groups is 1. The van der Waals surface area contributed by atoms with Crippen LogP contribution < -0.4 is 4.74 Å². The van der Waals surface area contributed by atoms with Crippen LogP contribution in [-0.4, -0.2) is 22.7 Å². The van der Waals surface area contributed by atoms with Gasteiger partial charge in [0.1, 0.15) is 5.75 Å². The zero-order valence-electron chi connectivity index (χ0n) is 15.3. The molecule has 0 aliphatic heterocycles. The number of carbonyl (C=O) groups excluding carboxylic acids is 1. The lowest BCUT2D eigenvalue weighted by atomic mass is 9.78. The molecule has 0 fully saturated rings. The van der Waals surface area contributed by atoms with Crippen LogP contribution in [-0.2, 0) is 4.79 Å². The first kappa shape index (κ1) is 17.2. The lowest BCUT2D eigenvalue weighted by molar-refractivity contribution is -0.116. The van der Waals surface area contributed by atoms with Gasteiger partial charge in [-0.1, -0.05) is 18.2 Å². The van der Waals surface area contributed by atoms with E-state index >= 15 is 0 Å². The SMILES string of the molecule is C=C(C)C1CC(=O)C(C)=C(c2cnn(-c3cccc(OC)c3)c2C)C1. The number of allylic oxidation sites excluding steroid dienone is 3. The van der Waals surface area contributed by atoms with Crippen LogP contribution in [0.1, 0.15) is 37.9 Å². The van der Waals surface area contributed by atoms with Gasteiger partial charge in [0.05, 0.1) is 19.0 Å². The van der Waals surface area contributed by atoms with E-state index in [0.717, 1.165) is 45.8 Å². The summed E-state index contributed by atoms with van der Waals surface area (Å²) in [6.07, 6.45) is 3.27. The molecule has 4 nitrogen and oxygen atoms in total. The Morgan fingerprint density at radius 1 is 1.32 bits per heavy atom. The first-order valence-corrected chi connectivity index (χ1v) is 8.50. The molecule has 0 radical (unpaired) electrons. The van der Waals surface area contributed by atoms with Gasteiger partial charge in [-0.25, -0.2) is 4.68 Å². The number of hydrogen-bond acceptors (Lipinski definition) is 3. The van der Waals surface area contributed by atoms with Crippen molar-refractivity contribution in [2.75, 3.05) is 7.11 Å². The molecule has 0 spiro atoms. The van der Waals surface area contributed by atoms with Crippen LogP contribution in [0.15, 0.2) is 48.2 Å². The normalized spacial score (nSPS) is 17.8. The minimum absolute atomic E-state index is 0.211. The number of nitrogens with zero attached hydrogens (tertiary/aromatic N) is 2. The minimum atomic E-state index is 0.211. The van der Waals surface area contributed by atoms with Gasteiger partial charge in [0.15, 0.2) is 5.78 Å². The van der Waals surface area contributed by atoms with E-state index in [9.17, 15) is 4.79 Å². The first-order chi connectivity index (χ1) is 11.9. The maximum Gasteiger partial charge on any atom is 0.159 e. The van der Waals surface area contributed by atoms with Gasteiger partial charge in [0.2, 0.25) is 0 Å². The summed E-state index contributed by atoms with van der Waals surface area (Å²) >= 11 is 0. The molecule has 1 aliphatic carbocycles. The highest BCUT2D eigenvalue weighted by Gasteiger charge is 2.28. The van der Waals surface area contributed by atoms with Crippen LogP contribution in [0.5, 0.6) is 5.75 Å². The van der Waals surface area contributed by atoms with Crippen LogP contribution in [0.25, 0.3) is 11.3 Å². The summed E-state index contributed by atoms with van der Waals surface area (Å²) in [4.78, 5) is 12.4. The summed E-state index contributed by atoms with van der Waals surface area (Å²) in [6.45, 7) is 10.0. The number of methoxy groups -OCH3 is 1. The van der Waals surface area contributed by atoms with Crippen LogP contribution in [0.4, 0.5) is 0 Å². The maximum atomic E-state index is 12.4. The molecule has 1 atom stereocenters. The maximum absolute atomic E-state index is 12.4. The fourth-order valence-electron chi connectivity index (χ4n) is 3.39. The number of rotatable bonds is 4. The van der Waals surface area contributed by atoms with Gasteiger partial charge in [0.25, 0.3) is 0 Å². The number of ether oxygens (including phenoxy) is 1. The third-order valence-electron chi connectivity index (χ3n) is 5.08. The Bertz CT molecular complexity index is 874. The van der Waals surface area contributed by atoms with Gasteiger partial charge in [-0.15, -0.1) is 0 Å². The van der Waals surface area contributed by atoms with E-state index in [0.29, 0.717) is 6.42 Å². The van der Waals surface area contributed by atoms with Crippen molar-refractivity contribution in [1.29, 1.82) is 0 Å². The third-order valence-corrected chi connectivity index (χ3v) is 5.08. The van der Waals surface area contributed by atoms with Crippen molar-refractivity contribution in [1.82, 2.24) is 9.78 Å². The van der Waals surface area contributed by atoms with E-state index in [1.54, 1.807) is 7.11 Å². The van der Waals surface area contributed by atoms with Crippen molar-refractivity contribution < 1.29 is 9.53 Å². The Morgan fingerprint density at radius 2 is 2.08 bits per heavy atom. The quantitative estimate of drug-likeness (QED) is 0.771. The predicted octanol–water partition coefficient (Wildman–Crippen LogP) is 4.52. The van der Waals surface area contributed by atoms with Gasteiger partial charge in [-0.3, -0.25) is 4.79 Å². The van der Waals surface area contributed by atoms with Gasteiger partial charge < -0.3 is 4.74 Å². The number of Topliss-reactive ketones (excluding diaryl/α,β-unsaturated/α-hetero) is 1. The van der Waals surface area contributed by atoms with Crippen LogP contribution >= 0.6 is 0 Å². The highest BCUT2D eigenvalue weighted by Crippen LogP contribution is 2.38. The first-order valence-electron chi connectivity index (χ1n) is 8.50.